The molecule has 0 fully saturated rings. The number of amidine groups is 1. The van der Waals surface area contributed by atoms with Crippen molar-refractivity contribution in [3.63, 3.8) is 0 Å². The van der Waals surface area contributed by atoms with E-state index in [-0.39, 0.29) is 0 Å². The molecule has 0 aliphatic heterocycles. The third kappa shape index (κ3) is 1.59. The first-order valence-corrected chi connectivity index (χ1v) is 4.35. The van der Waals surface area contributed by atoms with Gasteiger partial charge in [-0.25, -0.2) is 5.84 Å². The molecule has 66 valence electrons. The van der Waals surface area contributed by atoms with Gasteiger partial charge in [-0.05, 0) is 18.0 Å². The zero-order chi connectivity index (χ0) is 8.97. The number of hydrogen-bond acceptors (Lipinski definition) is 5. The molecule has 0 aliphatic rings. The molecule has 5 nitrogen and oxygen atoms in total. The Bertz CT molecular complexity index is 279. The minimum Gasteiger partial charge on any atom is -0.307 e. The Balaban J connectivity index is 3.00. The van der Waals surface area contributed by atoms with Crippen LogP contribution in [0.4, 0.5) is 0 Å². The van der Waals surface area contributed by atoms with Crippen LogP contribution in [0.3, 0.4) is 0 Å². The van der Waals surface area contributed by atoms with Gasteiger partial charge >= 0.3 is 0 Å². The summed E-state index contributed by atoms with van der Waals surface area (Å²) < 4.78 is 3.83. The number of aliphatic imine (C=N–C) groups is 1. The third-order valence-electron chi connectivity index (χ3n) is 1.47. The van der Waals surface area contributed by atoms with E-state index < -0.39 is 0 Å². The standard InChI is InChI=1S/C6H11N5S/c1-3-4-5(12-11-10-4)6(8-2)9-7/h3,7H2,1-2H3,(H,8,9). The van der Waals surface area contributed by atoms with Gasteiger partial charge in [0, 0.05) is 7.05 Å². The summed E-state index contributed by atoms with van der Waals surface area (Å²) in [6.45, 7) is 2.02. The predicted octanol–water partition coefficient (Wildman–Crippen LogP) is -0.0598. The van der Waals surface area contributed by atoms with E-state index in [1.807, 2.05) is 6.92 Å². The number of aromatic nitrogens is 2. The molecule has 1 rings (SSSR count). The van der Waals surface area contributed by atoms with Crippen LogP contribution >= 0.6 is 11.5 Å². The van der Waals surface area contributed by atoms with Crippen LogP contribution in [-0.2, 0) is 6.42 Å². The van der Waals surface area contributed by atoms with E-state index in [9.17, 15) is 0 Å². The van der Waals surface area contributed by atoms with Crippen LogP contribution in [0.15, 0.2) is 4.99 Å². The second-order valence-corrected chi connectivity index (χ2v) is 2.87. The zero-order valence-corrected chi connectivity index (χ0v) is 7.85. The van der Waals surface area contributed by atoms with Crippen LogP contribution in [0.5, 0.6) is 0 Å². The summed E-state index contributed by atoms with van der Waals surface area (Å²) in [5.74, 6) is 5.91. The first-order chi connectivity index (χ1) is 5.83. The second kappa shape index (κ2) is 4.13. The van der Waals surface area contributed by atoms with Gasteiger partial charge in [-0.3, -0.25) is 4.99 Å². The summed E-state index contributed by atoms with van der Waals surface area (Å²) in [5.41, 5.74) is 3.44. The van der Waals surface area contributed by atoms with E-state index in [1.54, 1.807) is 7.05 Å². The first kappa shape index (κ1) is 9.08. The largest absolute Gasteiger partial charge is 0.307 e. The maximum absolute atomic E-state index is 5.27. The Hall–Kier alpha value is -1.01. The van der Waals surface area contributed by atoms with Crippen LogP contribution in [-0.4, -0.2) is 22.5 Å². The van der Waals surface area contributed by atoms with Crippen LogP contribution in [0.1, 0.15) is 17.5 Å². The zero-order valence-electron chi connectivity index (χ0n) is 7.03. The molecule has 0 radical (unpaired) electrons. The van der Waals surface area contributed by atoms with Gasteiger partial charge in [0.05, 0.1) is 5.69 Å². The summed E-state index contributed by atoms with van der Waals surface area (Å²) in [7, 11) is 1.67. The molecule has 1 aromatic heterocycles. The minimum atomic E-state index is 0.641. The Morgan fingerprint density at radius 1 is 1.75 bits per heavy atom. The van der Waals surface area contributed by atoms with Gasteiger partial charge in [0.2, 0.25) is 0 Å². The molecule has 6 heteroatoms. The summed E-state index contributed by atoms with van der Waals surface area (Å²) in [4.78, 5) is 4.89. The topological polar surface area (TPSA) is 76.2 Å². The molecule has 0 unspecified atom stereocenters. The molecule has 0 amide bonds. The van der Waals surface area contributed by atoms with Gasteiger partial charge in [-0.2, -0.15) is 0 Å². The minimum absolute atomic E-state index is 0.641. The number of rotatable bonds is 2. The van der Waals surface area contributed by atoms with Crippen molar-refractivity contribution in [2.45, 2.75) is 13.3 Å². The number of hydrogen-bond donors (Lipinski definition) is 2. The lowest BCUT2D eigenvalue weighted by atomic mass is 10.3. The van der Waals surface area contributed by atoms with Crippen LogP contribution in [0.25, 0.3) is 0 Å². The molecule has 0 aliphatic carbocycles. The second-order valence-electron chi connectivity index (χ2n) is 2.12. The summed E-state index contributed by atoms with van der Waals surface area (Å²) in [5, 5.41) is 3.94. The molecule has 0 aromatic carbocycles. The lowest BCUT2D eigenvalue weighted by molar-refractivity contribution is 0.972. The molecule has 0 saturated heterocycles. The van der Waals surface area contributed by atoms with Gasteiger partial charge in [-0.15, -0.1) is 5.10 Å². The predicted molar refractivity (Wildman–Crippen MR) is 49.1 cm³/mol. The van der Waals surface area contributed by atoms with E-state index in [2.05, 4.69) is 20.0 Å². The van der Waals surface area contributed by atoms with Gasteiger partial charge < -0.3 is 5.43 Å². The van der Waals surface area contributed by atoms with Gasteiger partial charge in [0.1, 0.15) is 4.88 Å². The summed E-state index contributed by atoms with van der Waals surface area (Å²) in [6, 6.07) is 0. The van der Waals surface area contributed by atoms with E-state index in [4.69, 9.17) is 5.84 Å². The molecule has 0 saturated carbocycles. The summed E-state index contributed by atoms with van der Waals surface area (Å²) >= 11 is 1.30. The molecule has 0 bridgehead atoms. The molecule has 12 heavy (non-hydrogen) atoms. The highest BCUT2D eigenvalue weighted by Gasteiger charge is 2.10. The van der Waals surface area contributed by atoms with Crippen molar-refractivity contribution in [1.29, 1.82) is 0 Å². The molecule has 1 aromatic rings. The molecule has 3 N–H and O–H groups in total. The Kier molecular flexibility index (Phi) is 3.12. The van der Waals surface area contributed by atoms with Crippen molar-refractivity contribution >= 4 is 17.4 Å². The molecular formula is C6H11N5S. The molecule has 0 spiro atoms. The molecule has 0 atom stereocenters. The van der Waals surface area contributed by atoms with Crippen molar-refractivity contribution < 1.29 is 0 Å². The maximum Gasteiger partial charge on any atom is 0.156 e. The summed E-state index contributed by atoms with van der Waals surface area (Å²) in [6.07, 6.45) is 0.840. The number of nitrogens with zero attached hydrogens (tertiary/aromatic N) is 3. The number of nitrogens with two attached hydrogens (primary N) is 1. The SMILES string of the molecule is CCc1nnsc1C(=NC)NN. The highest BCUT2D eigenvalue weighted by Crippen LogP contribution is 2.10. The Morgan fingerprint density at radius 2 is 2.50 bits per heavy atom. The number of hydrazine groups is 1. The fraction of sp³-hybridized carbons (Fsp3) is 0.500. The van der Waals surface area contributed by atoms with Crippen molar-refractivity contribution in [3.8, 4) is 0 Å². The highest BCUT2D eigenvalue weighted by atomic mass is 32.1. The smallest absolute Gasteiger partial charge is 0.156 e. The maximum atomic E-state index is 5.27. The van der Waals surface area contributed by atoms with Gasteiger partial charge in [-0.1, -0.05) is 11.4 Å². The fourth-order valence-corrected chi connectivity index (χ4v) is 1.60. The number of nitrogens with one attached hydrogen (secondary N) is 1. The average Bonchev–Trinajstić information content (AvgIpc) is 2.55. The first-order valence-electron chi connectivity index (χ1n) is 3.58. The van der Waals surface area contributed by atoms with Crippen LogP contribution in [0, 0.1) is 0 Å². The third-order valence-corrected chi connectivity index (χ3v) is 2.24. The van der Waals surface area contributed by atoms with E-state index >= 15 is 0 Å². The van der Waals surface area contributed by atoms with Crippen LogP contribution < -0.4 is 11.3 Å². The van der Waals surface area contributed by atoms with E-state index in [0.29, 0.717) is 5.84 Å². The van der Waals surface area contributed by atoms with Gasteiger partial charge in [0.15, 0.2) is 5.84 Å². The van der Waals surface area contributed by atoms with E-state index in [1.165, 1.54) is 11.5 Å². The van der Waals surface area contributed by atoms with Crippen LogP contribution in [0.2, 0.25) is 0 Å². The highest BCUT2D eigenvalue weighted by molar-refractivity contribution is 7.08. The fourth-order valence-electron chi connectivity index (χ4n) is 0.851. The average molecular weight is 185 g/mol. The monoisotopic (exact) mass is 185 g/mol. The Labute approximate surface area is 74.8 Å². The molecule has 1 heterocycles. The molecular weight excluding hydrogens is 174 g/mol. The normalized spacial score (nSPS) is 11.8. The van der Waals surface area contributed by atoms with Crippen molar-refractivity contribution in [1.82, 2.24) is 15.0 Å². The van der Waals surface area contributed by atoms with Crippen molar-refractivity contribution in [3.05, 3.63) is 10.6 Å². The lowest BCUT2D eigenvalue weighted by Crippen LogP contribution is -2.31. The Morgan fingerprint density at radius 3 is 3.00 bits per heavy atom. The van der Waals surface area contributed by atoms with E-state index in [0.717, 1.165) is 17.0 Å². The van der Waals surface area contributed by atoms with Gasteiger partial charge in [0.25, 0.3) is 0 Å². The number of aryl methyl sites for hydroxylation is 1. The van der Waals surface area contributed by atoms with Crippen molar-refractivity contribution in [2.75, 3.05) is 7.05 Å². The quantitative estimate of drug-likeness (QED) is 0.293. The van der Waals surface area contributed by atoms with Crippen molar-refractivity contribution in [2.24, 2.45) is 10.8 Å². The lowest BCUT2D eigenvalue weighted by Gasteiger charge is -2.00.